The molecule has 0 spiro atoms. The van der Waals surface area contributed by atoms with Crippen LogP contribution >= 0.6 is 12.4 Å². The van der Waals surface area contributed by atoms with Gasteiger partial charge >= 0.3 is 6.03 Å². The molecule has 150 valence electrons. The minimum absolute atomic E-state index is 0. The van der Waals surface area contributed by atoms with Crippen LogP contribution in [-0.4, -0.2) is 49.7 Å². The largest absolute Gasteiger partial charge is 0.376 e. The summed E-state index contributed by atoms with van der Waals surface area (Å²) in [5.41, 5.74) is 1.02. The van der Waals surface area contributed by atoms with E-state index in [-0.39, 0.29) is 24.5 Å². The highest BCUT2D eigenvalue weighted by Gasteiger charge is 2.42. The van der Waals surface area contributed by atoms with Gasteiger partial charge in [0.25, 0.3) is 5.92 Å². The van der Waals surface area contributed by atoms with Crippen molar-refractivity contribution in [3.05, 3.63) is 24.3 Å². The number of amides is 3. The molecule has 0 aromatic heterocycles. The third-order valence-electron chi connectivity index (χ3n) is 4.35. The van der Waals surface area contributed by atoms with Gasteiger partial charge in [-0.2, -0.15) is 0 Å². The number of nitrogens with one attached hydrogen (secondary N) is 4. The molecule has 0 saturated carbocycles. The number of halogens is 3. The second kappa shape index (κ2) is 9.29. The van der Waals surface area contributed by atoms with E-state index in [9.17, 15) is 18.4 Å². The molecule has 7 nitrogen and oxygen atoms in total. The maximum absolute atomic E-state index is 13.1. The first kappa shape index (κ1) is 21.3. The molecular weight excluding hydrogens is 382 g/mol. The number of benzene rings is 1. The van der Waals surface area contributed by atoms with Gasteiger partial charge in [-0.25, -0.2) is 13.6 Å². The summed E-state index contributed by atoms with van der Waals surface area (Å²) in [6.07, 6.45) is 1.50. The molecule has 2 saturated heterocycles. The Kier molecular flexibility index (Phi) is 7.34. The van der Waals surface area contributed by atoms with E-state index < -0.39 is 30.8 Å². The molecule has 3 amide bonds. The Morgan fingerprint density at radius 3 is 2.41 bits per heavy atom. The van der Waals surface area contributed by atoms with Gasteiger partial charge < -0.3 is 20.7 Å². The Balaban J connectivity index is 0.00000261. The van der Waals surface area contributed by atoms with Crippen LogP contribution in [0.4, 0.5) is 25.0 Å². The molecule has 27 heavy (non-hydrogen) atoms. The van der Waals surface area contributed by atoms with Crippen LogP contribution in [0.1, 0.15) is 19.3 Å². The Labute approximate surface area is 162 Å². The number of hydrogen-bond donors (Lipinski definition) is 4. The predicted octanol–water partition coefficient (Wildman–Crippen LogP) is 2.34. The lowest BCUT2D eigenvalue weighted by Crippen LogP contribution is -2.35. The fourth-order valence-corrected chi connectivity index (χ4v) is 2.95. The lowest BCUT2D eigenvalue weighted by Gasteiger charge is -2.13. The second-order valence-electron chi connectivity index (χ2n) is 6.53. The Morgan fingerprint density at radius 2 is 1.85 bits per heavy atom. The molecule has 2 fully saturated rings. The van der Waals surface area contributed by atoms with E-state index in [4.69, 9.17) is 4.74 Å². The molecular formula is C17H23ClF2N4O3. The van der Waals surface area contributed by atoms with Gasteiger partial charge in [0.05, 0.1) is 18.7 Å². The second-order valence-corrected chi connectivity index (χ2v) is 6.53. The standard InChI is InChI=1S/C17H22F2N4O3.ClH/c18-17(19)8-14(21-10-17)15(24)22-11-3-5-12(6-4-11)23-16(25)20-9-13-2-1-7-26-13;/h3-6,13-14,21H,1-2,7-10H2,(H,22,24)(H2,20,23,25);1H. The maximum Gasteiger partial charge on any atom is 0.319 e. The van der Waals surface area contributed by atoms with E-state index in [1.165, 1.54) is 0 Å². The van der Waals surface area contributed by atoms with Crippen molar-refractivity contribution in [1.29, 1.82) is 0 Å². The van der Waals surface area contributed by atoms with Crippen LogP contribution in [0, 0.1) is 0 Å². The first-order chi connectivity index (χ1) is 12.4. The molecule has 0 aliphatic carbocycles. The van der Waals surface area contributed by atoms with Gasteiger partial charge in [0.2, 0.25) is 5.91 Å². The average molecular weight is 405 g/mol. The topological polar surface area (TPSA) is 91.5 Å². The number of rotatable bonds is 5. The summed E-state index contributed by atoms with van der Waals surface area (Å²) < 4.78 is 31.7. The number of carbonyl (C=O) groups excluding carboxylic acids is 2. The van der Waals surface area contributed by atoms with Crippen molar-refractivity contribution < 1.29 is 23.1 Å². The highest BCUT2D eigenvalue weighted by Crippen LogP contribution is 2.26. The molecule has 1 aromatic carbocycles. The SMILES string of the molecule is Cl.O=C(NCC1CCCO1)Nc1ccc(NC(=O)C2CC(F)(F)CN2)cc1. The van der Waals surface area contributed by atoms with Crippen molar-refractivity contribution in [2.75, 3.05) is 30.3 Å². The molecule has 3 rings (SSSR count). The third kappa shape index (κ3) is 6.30. The van der Waals surface area contributed by atoms with Crippen molar-refractivity contribution in [1.82, 2.24) is 10.6 Å². The molecule has 2 atom stereocenters. The van der Waals surface area contributed by atoms with Crippen LogP contribution in [0.2, 0.25) is 0 Å². The van der Waals surface area contributed by atoms with E-state index in [2.05, 4.69) is 21.3 Å². The fraction of sp³-hybridized carbons (Fsp3) is 0.529. The molecule has 2 aliphatic heterocycles. The summed E-state index contributed by atoms with van der Waals surface area (Å²) in [4.78, 5) is 23.8. The zero-order valence-electron chi connectivity index (χ0n) is 14.6. The monoisotopic (exact) mass is 404 g/mol. The number of ether oxygens (including phenoxy) is 1. The first-order valence-electron chi connectivity index (χ1n) is 8.60. The molecule has 2 heterocycles. The van der Waals surface area contributed by atoms with Gasteiger partial charge in [0, 0.05) is 30.9 Å². The van der Waals surface area contributed by atoms with Crippen LogP contribution in [0.3, 0.4) is 0 Å². The smallest absolute Gasteiger partial charge is 0.319 e. The predicted molar refractivity (Wildman–Crippen MR) is 99.7 cm³/mol. The average Bonchev–Trinajstić information content (AvgIpc) is 3.24. The van der Waals surface area contributed by atoms with E-state index in [0.717, 1.165) is 19.4 Å². The number of hydrogen-bond acceptors (Lipinski definition) is 4. The first-order valence-corrected chi connectivity index (χ1v) is 8.60. The van der Waals surface area contributed by atoms with Crippen molar-refractivity contribution in [3.8, 4) is 0 Å². The summed E-state index contributed by atoms with van der Waals surface area (Å²) >= 11 is 0. The Bertz CT molecular complexity index is 654. The molecule has 2 aliphatic rings. The third-order valence-corrected chi connectivity index (χ3v) is 4.35. The molecule has 2 unspecified atom stereocenters. The zero-order chi connectivity index (χ0) is 18.6. The number of urea groups is 1. The summed E-state index contributed by atoms with van der Waals surface area (Å²) in [6.45, 7) is 0.698. The number of anilines is 2. The summed E-state index contributed by atoms with van der Waals surface area (Å²) in [5, 5.41) is 10.5. The van der Waals surface area contributed by atoms with Gasteiger partial charge in [-0.3, -0.25) is 10.1 Å². The minimum atomic E-state index is -2.85. The molecule has 1 aromatic rings. The minimum Gasteiger partial charge on any atom is -0.376 e. The highest BCUT2D eigenvalue weighted by molar-refractivity contribution is 5.95. The van der Waals surface area contributed by atoms with Crippen LogP contribution in [0.25, 0.3) is 0 Å². The van der Waals surface area contributed by atoms with E-state index in [0.29, 0.717) is 17.9 Å². The lowest BCUT2D eigenvalue weighted by molar-refractivity contribution is -0.118. The van der Waals surface area contributed by atoms with Gasteiger partial charge in [-0.1, -0.05) is 0 Å². The van der Waals surface area contributed by atoms with Crippen LogP contribution in [0.5, 0.6) is 0 Å². The van der Waals surface area contributed by atoms with Crippen molar-refractivity contribution in [3.63, 3.8) is 0 Å². The van der Waals surface area contributed by atoms with E-state index in [1.807, 2.05) is 0 Å². The fourth-order valence-electron chi connectivity index (χ4n) is 2.95. The van der Waals surface area contributed by atoms with Crippen molar-refractivity contribution in [2.24, 2.45) is 0 Å². The molecule has 4 N–H and O–H groups in total. The van der Waals surface area contributed by atoms with Crippen molar-refractivity contribution in [2.45, 2.75) is 37.3 Å². The summed E-state index contributed by atoms with van der Waals surface area (Å²) in [6, 6.07) is 5.19. The van der Waals surface area contributed by atoms with Crippen LogP contribution < -0.4 is 21.3 Å². The van der Waals surface area contributed by atoms with Gasteiger partial charge in [0.1, 0.15) is 0 Å². The lowest BCUT2D eigenvalue weighted by atomic mass is 10.2. The molecule has 0 radical (unpaired) electrons. The van der Waals surface area contributed by atoms with E-state index >= 15 is 0 Å². The Hall–Kier alpha value is -1.97. The van der Waals surface area contributed by atoms with Gasteiger partial charge in [-0.05, 0) is 37.1 Å². The van der Waals surface area contributed by atoms with Crippen molar-refractivity contribution >= 4 is 35.7 Å². The highest BCUT2D eigenvalue weighted by atomic mass is 35.5. The Morgan fingerprint density at radius 1 is 1.19 bits per heavy atom. The normalized spacial score (nSPS) is 23.3. The van der Waals surface area contributed by atoms with Gasteiger partial charge in [-0.15, -0.1) is 12.4 Å². The van der Waals surface area contributed by atoms with Crippen LogP contribution in [-0.2, 0) is 9.53 Å². The van der Waals surface area contributed by atoms with Crippen LogP contribution in [0.15, 0.2) is 24.3 Å². The summed E-state index contributed by atoms with van der Waals surface area (Å²) in [5.74, 6) is -3.36. The number of carbonyl (C=O) groups is 2. The molecule has 0 bridgehead atoms. The molecule has 10 heteroatoms. The van der Waals surface area contributed by atoms with E-state index in [1.54, 1.807) is 24.3 Å². The quantitative estimate of drug-likeness (QED) is 0.606. The zero-order valence-corrected chi connectivity index (χ0v) is 15.4. The summed E-state index contributed by atoms with van der Waals surface area (Å²) in [7, 11) is 0. The maximum atomic E-state index is 13.1. The van der Waals surface area contributed by atoms with Gasteiger partial charge in [0.15, 0.2) is 0 Å². The number of alkyl halides is 2.